The Balaban J connectivity index is 1.40. The van der Waals surface area contributed by atoms with Crippen molar-refractivity contribution < 1.29 is 19.5 Å². The second-order valence-corrected chi connectivity index (χ2v) is 9.32. The molecule has 0 aliphatic rings. The van der Waals surface area contributed by atoms with Crippen LogP contribution in [0.1, 0.15) is 24.2 Å². The van der Waals surface area contributed by atoms with Crippen LogP contribution < -0.4 is 10.6 Å². The molecule has 0 atom stereocenters. The number of amides is 2. The molecule has 0 spiro atoms. The van der Waals surface area contributed by atoms with Gasteiger partial charge in [-0.1, -0.05) is 25.0 Å². The molecule has 0 aliphatic carbocycles. The molecule has 0 fully saturated rings. The molecule has 0 bridgehead atoms. The molecule has 3 aromatic heterocycles. The molecule has 4 rings (SSSR count). The number of hydrogen-bond donors (Lipinski definition) is 3. The first-order chi connectivity index (χ1) is 17.2. The van der Waals surface area contributed by atoms with Crippen molar-refractivity contribution in [1.29, 1.82) is 0 Å². The maximum atomic E-state index is 12.3. The molecule has 36 heavy (non-hydrogen) atoms. The predicted molar refractivity (Wildman–Crippen MR) is 138 cm³/mol. The molecule has 4 aromatic rings. The van der Waals surface area contributed by atoms with E-state index in [0.717, 1.165) is 11.1 Å². The summed E-state index contributed by atoms with van der Waals surface area (Å²) in [6.07, 6.45) is 5.07. The highest BCUT2D eigenvalue weighted by molar-refractivity contribution is 7.14. The quantitative estimate of drug-likeness (QED) is 0.301. The second-order valence-electron chi connectivity index (χ2n) is 8.46. The average molecular weight is 503 g/mol. The molecule has 10 nitrogen and oxygen atoms in total. The van der Waals surface area contributed by atoms with Crippen molar-refractivity contribution >= 4 is 41.7 Å². The highest BCUT2D eigenvalue weighted by Gasteiger charge is 2.30. The maximum Gasteiger partial charge on any atom is 0.331 e. The Bertz CT molecular complexity index is 1420. The number of thiazole rings is 1. The van der Waals surface area contributed by atoms with Crippen LogP contribution in [-0.4, -0.2) is 56.1 Å². The van der Waals surface area contributed by atoms with Gasteiger partial charge in [0.1, 0.15) is 0 Å². The summed E-state index contributed by atoms with van der Waals surface area (Å²) in [6, 6.07) is 11.0. The van der Waals surface area contributed by atoms with Gasteiger partial charge in [0, 0.05) is 28.9 Å². The highest BCUT2D eigenvalue weighted by Crippen LogP contribution is 2.29. The zero-order valence-electron chi connectivity index (χ0n) is 19.9. The second kappa shape index (κ2) is 10.2. The van der Waals surface area contributed by atoms with Gasteiger partial charge in [-0.15, -0.1) is 11.3 Å². The summed E-state index contributed by atoms with van der Waals surface area (Å²) in [5.41, 5.74) is 2.23. The minimum atomic E-state index is -1.17. The van der Waals surface area contributed by atoms with Crippen LogP contribution in [0.3, 0.4) is 0 Å². The highest BCUT2D eigenvalue weighted by atomic mass is 32.1. The van der Waals surface area contributed by atoms with E-state index in [1.54, 1.807) is 49.0 Å². The lowest BCUT2D eigenvalue weighted by Gasteiger charge is -2.19. The van der Waals surface area contributed by atoms with Crippen LogP contribution >= 0.6 is 11.3 Å². The van der Waals surface area contributed by atoms with Crippen molar-refractivity contribution in [3.05, 3.63) is 65.9 Å². The maximum absolute atomic E-state index is 12.3. The molecule has 0 saturated heterocycles. The zero-order chi connectivity index (χ0) is 25.9. The third-order valence-corrected chi connectivity index (χ3v) is 6.33. The zero-order valence-corrected chi connectivity index (χ0v) is 20.7. The van der Waals surface area contributed by atoms with Crippen molar-refractivity contribution in [2.75, 3.05) is 11.9 Å². The van der Waals surface area contributed by atoms with Gasteiger partial charge in [-0.25, -0.2) is 9.78 Å². The lowest BCUT2D eigenvalue weighted by Crippen LogP contribution is -2.36. The van der Waals surface area contributed by atoms with E-state index < -0.39 is 11.5 Å². The van der Waals surface area contributed by atoms with E-state index >= 15 is 0 Å². The number of nitrogens with one attached hydrogen (secondary N) is 2. The normalized spacial score (nSPS) is 11.2. The number of anilines is 1. The van der Waals surface area contributed by atoms with E-state index in [4.69, 9.17) is 0 Å². The van der Waals surface area contributed by atoms with Crippen LogP contribution in [0.2, 0.25) is 6.82 Å². The van der Waals surface area contributed by atoms with Crippen LogP contribution in [0.5, 0.6) is 0 Å². The largest absolute Gasteiger partial charge is 0.479 e. The molecule has 1 aromatic carbocycles. The van der Waals surface area contributed by atoms with E-state index in [-0.39, 0.29) is 18.4 Å². The van der Waals surface area contributed by atoms with E-state index in [1.165, 1.54) is 16.0 Å². The van der Waals surface area contributed by atoms with Crippen molar-refractivity contribution in [2.24, 2.45) is 0 Å². The van der Waals surface area contributed by atoms with Gasteiger partial charge in [-0.05, 0) is 38.2 Å². The predicted octanol–water partition coefficient (Wildman–Crippen LogP) is 3.18. The summed E-state index contributed by atoms with van der Waals surface area (Å²) in [5, 5.41) is 21.4. The van der Waals surface area contributed by atoms with E-state index in [1.807, 2.05) is 43.9 Å². The number of aromatic nitrogens is 4. The summed E-state index contributed by atoms with van der Waals surface area (Å²) >= 11 is 1.27. The number of benzene rings is 1. The van der Waals surface area contributed by atoms with Crippen LogP contribution in [0.25, 0.3) is 22.5 Å². The number of hydrogen-bond acceptors (Lipinski definition) is 6. The monoisotopic (exact) mass is 503 g/mol. The molecule has 2 amide bonds. The van der Waals surface area contributed by atoms with Gasteiger partial charge in [0.15, 0.2) is 10.7 Å². The first kappa shape index (κ1) is 24.9. The SMILES string of the molecule is C[B]n1ccc(C(=O)NCC(=O)Nc2nc(-c3cccc(-c4ccn(C(C)(C)C(=O)O)n4)c3)cs2)c1. The smallest absolute Gasteiger partial charge is 0.331 e. The van der Waals surface area contributed by atoms with Gasteiger partial charge in [0.2, 0.25) is 13.3 Å². The average Bonchev–Trinajstić information content (AvgIpc) is 3.63. The molecular weight excluding hydrogens is 479 g/mol. The van der Waals surface area contributed by atoms with E-state index in [0.29, 0.717) is 22.1 Å². The summed E-state index contributed by atoms with van der Waals surface area (Å²) in [5.74, 6) is -1.69. The lowest BCUT2D eigenvalue weighted by molar-refractivity contribution is -0.146. The molecule has 183 valence electrons. The van der Waals surface area contributed by atoms with Gasteiger partial charge in [0.25, 0.3) is 5.91 Å². The summed E-state index contributed by atoms with van der Waals surface area (Å²) in [7, 11) is 1.81. The fourth-order valence-electron chi connectivity index (χ4n) is 3.32. The molecule has 3 heterocycles. The lowest BCUT2D eigenvalue weighted by atomic mass is 10.0. The fraction of sp³-hybridized carbons (Fsp3) is 0.208. The van der Waals surface area contributed by atoms with Crippen LogP contribution in [0, 0.1) is 0 Å². The van der Waals surface area contributed by atoms with Crippen LogP contribution in [0.4, 0.5) is 5.13 Å². The summed E-state index contributed by atoms with van der Waals surface area (Å²) in [6.45, 7) is 4.84. The summed E-state index contributed by atoms with van der Waals surface area (Å²) < 4.78 is 3.17. The number of carboxylic acid groups (broad SMARTS) is 1. The molecule has 1 radical (unpaired) electrons. The Morgan fingerprint density at radius 3 is 2.56 bits per heavy atom. The van der Waals surface area contributed by atoms with Gasteiger partial charge < -0.3 is 20.2 Å². The molecule has 0 aliphatic heterocycles. The standard InChI is InChI=1S/C24H24BN6O4S/c1-24(2,22(34)35)31-10-8-18(29-31)15-5-4-6-16(11-15)19-14-36-23(27-19)28-20(32)12-26-21(33)17-7-9-30(13-17)25-3/h4-11,13-14H,12H2,1-3H3,(H,26,33)(H,34,35)(H,27,28,32). The Kier molecular flexibility index (Phi) is 7.06. The topological polar surface area (TPSA) is 131 Å². The van der Waals surface area contributed by atoms with Crippen LogP contribution in [0.15, 0.2) is 60.4 Å². The third-order valence-electron chi connectivity index (χ3n) is 5.57. The number of carbonyl (C=O) groups excluding carboxylic acids is 2. The minimum absolute atomic E-state index is 0.181. The van der Waals surface area contributed by atoms with Crippen molar-refractivity contribution in [3.63, 3.8) is 0 Å². The number of carboxylic acids is 1. The van der Waals surface area contributed by atoms with Gasteiger partial charge in [0.05, 0.1) is 23.5 Å². The van der Waals surface area contributed by atoms with E-state index in [2.05, 4.69) is 20.7 Å². The Morgan fingerprint density at radius 2 is 1.86 bits per heavy atom. The number of nitrogens with zero attached hydrogens (tertiary/aromatic N) is 4. The fourth-order valence-corrected chi connectivity index (χ4v) is 4.06. The summed E-state index contributed by atoms with van der Waals surface area (Å²) in [4.78, 5) is 40.5. The molecule has 12 heteroatoms. The number of carbonyl (C=O) groups is 3. The van der Waals surface area contributed by atoms with Crippen LogP contribution in [-0.2, 0) is 15.1 Å². The van der Waals surface area contributed by atoms with Crippen molar-refractivity contribution in [2.45, 2.75) is 26.2 Å². The number of aliphatic carboxylic acids is 1. The molecule has 0 unspecified atom stereocenters. The van der Waals surface area contributed by atoms with Gasteiger partial charge >= 0.3 is 5.97 Å². The molecule has 3 N–H and O–H groups in total. The van der Waals surface area contributed by atoms with Gasteiger partial charge in [-0.2, -0.15) is 5.10 Å². The molecular formula is C24H24BN6O4S. The van der Waals surface area contributed by atoms with Crippen molar-refractivity contribution in [1.82, 2.24) is 24.6 Å². The molecule has 0 saturated carbocycles. The first-order valence-electron chi connectivity index (χ1n) is 11.1. The Labute approximate surface area is 212 Å². The van der Waals surface area contributed by atoms with E-state index in [9.17, 15) is 19.5 Å². The third kappa shape index (κ3) is 5.38. The Hall–Kier alpha value is -4.19. The first-order valence-corrected chi connectivity index (χ1v) is 12.0. The van der Waals surface area contributed by atoms with Gasteiger partial charge in [-0.3, -0.25) is 14.3 Å². The van der Waals surface area contributed by atoms with Crippen molar-refractivity contribution in [3.8, 4) is 22.5 Å². The minimum Gasteiger partial charge on any atom is -0.479 e. The number of rotatable bonds is 9. The Morgan fingerprint density at radius 1 is 1.11 bits per heavy atom.